The Hall–Kier alpha value is -1.96. The Bertz CT molecular complexity index is 1010. The van der Waals surface area contributed by atoms with Crippen LogP contribution in [0.2, 0.25) is 5.02 Å². The van der Waals surface area contributed by atoms with Crippen LogP contribution >= 0.6 is 34.7 Å². The largest absolute Gasteiger partial charge is 0.506 e. The van der Waals surface area contributed by atoms with Crippen molar-refractivity contribution in [3.63, 3.8) is 0 Å². The van der Waals surface area contributed by atoms with E-state index in [-0.39, 0.29) is 23.1 Å². The zero-order chi connectivity index (χ0) is 18.3. The number of nitrogens with zero attached hydrogens (tertiary/aromatic N) is 1. The van der Waals surface area contributed by atoms with Gasteiger partial charge in [-0.15, -0.1) is 23.1 Å². The molecule has 0 spiro atoms. The van der Waals surface area contributed by atoms with Crippen LogP contribution in [0.1, 0.15) is 20.9 Å². The van der Waals surface area contributed by atoms with E-state index < -0.39 is 5.97 Å². The van der Waals surface area contributed by atoms with E-state index in [4.69, 9.17) is 11.6 Å². The van der Waals surface area contributed by atoms with E-state index in [1.165, 1.54) is 22.0 Å². The summed E-state index contributed by atoms with van der Waals surface area (Å²) in [7, 11) is 0. The lowest BCUT2D eigenvalue weighted by Crippen LogP contribution is -2.12. The van der Waals surface area contributed by atoms with Crippen molar-refractivity contribution in [1.29, 1.82) is 0 Å². The van der Waals surface area contributed by atoms with Gasteiger partial charge in [0.2, 0.25) is 0 Å². The van der Waals surface area contributed by atoms with Crippen molar-refractivity contribution in [2.24, 2.45) is 0 Å². The first-order valence-electron chi connectivity index (χ1n) is 7.26. The van der Waals surface area contributed by atoms with Gasteiger partial charge in [0.05, 0.1) is 26.0 Å². The van der Waals surface area contributed by atoms with Crippen LogP contribution in [-0.4, -0.2) is 32.9 Å². The second-order valence-electron chi connectivity index (χ2n) is 5.39. The fourth-order valence-corrected chi connectivity index (χ4v) is 4.56. The minimum Gasteiger partial charge on any atom is -0.506 e. The smallest absolute Gasteiger partial charge is 0.307 e. The third kappa shape index (κ3) is 3.03. The topological polar surface area (TPSA) is 79.5 Å². The number of hydrogen-bond donors (Lipinski definition) is 2. The van der Waals surface area contributed by atoms with Gasteiger partial charge in [-0.3, -0.25) is 14.2 Å². The molecule has 0 aliphatic heterocycles. The Labute approximate surface area is 156 Å². The Balaban J connectivity index is 2.28. The minimum atomic E-state index is -1.03. The molecule has 1 aromatic carbocycles. The number of benzene rings is 1. The van der Waals surface area contributed by atoms with Crippen LogP contribution in [0.25, 0.3) is 10.9 Å². The maximum atomic E-state index is 13.0. The molecule has 0 saturated carbocycles. The van der Waals surface area contributed by atoms with Gasteiger partial charge in [0.25, 0.3) is 5.91 Å². The molecule has 0 unspecified atom stereocenters. The average molecular weight is 396 g/mol. The highest BCUT2D eigenvalue weighted by atomic mass is 35.5. The predicted molar refractivity (Wildman–Crippen MR) is 101 cm³/mol. The minimum absolute atomic E-state index is 0.0550. The maximum Gasteiger partial charge on any atom is 0.307 e. The van der Waals surface area contributed by atoms with E-state index in [1.54, 1.807) is 30.8 Å². The molecule has 2 aromatic heterocycles. The summed E-state index contributed by atoms with van der Waals surface area (Å²) in [6.45, 7) is 1.69. The number of carbonyl (C=O) groups is 2. The summed E-state index contributed by atoms with van der Waals surface area (Å²) in [5.41, 5.74) is 1.42. The number of aromatic nitrogens is 1. The number of phenols is 1. The Morgan fingerprint density at radius 1 is 1.28 bits per heavy atom. The van der Waals surface area contributed by atoms with Crippen molar-refractivity contribution in [3.05, 3.63) is 45.4 Å². The molecule has 5 nitrogen and oxygen atoms in total. The van der Waals surface area contributed by atoms with Crippen LogP contribution < -0.4 is 0 Å². The standard InChI is InChI=1S/C17H14ClNO4S2/c1-8-9(7-13(21)22)15-10(3-4-11(20)16(15)18)19(8)17(23)12-5-6-14(24-2)25-12/h3-6,20H,7H2,1-2H3,(H,21,22). The van der Waals surface area contributed by atoms with E-state index in [9.17, 15) is 19.8 Å². The molecule has 0 saturated heterocycles. The first-order valence-corrected chi connectivity index (χ1v) is 9.68. The number of phenolic OH excluding ortho intramolecular Hbond substituents is 1. The third-order valence-electron chi connectivity index (χ3n) is 3.94. The number of carboxylic acids is 1. The first kappa shape index (κ1) is 17.8. The number of carboxylic acid groups (broad SMARTS) is 1. The highest BCUT2D eigenvalue weighted by Crippen LogP contribution is 2.38. The van der Waals surface area contributed by atoms with Crippen molar-refractivity contribution >= 4 is 57.5 Å². The molecule has 0 aliphatic rings. The maximum absolute atomic E-state index is 13.0. The molecule has 130 valence electrons. The molecule has 2 N–H and O–H groups in total. The lowest BCUT2D eigenvalue weighted by molar-refractivity contribution is -0.136. The van der Waals surface area contributed by atoms with Crippen LogP contribution in [0.15, 0.2) is 28.5 Å². The number of thiophene rings is 1. The van der Waals surface area contributed by atoms with Gasteiger partial charge in [-0.1, -0.05) is 11.6 Å². The Morgan fingerprint density at radius 2 is 2.00 bits per heavy atom. The van der Waals surface area contributed by atoms with Crippen molar-refractivity contribution in [2.45, 2.75) is 17.6 Å². The molecule has 0 aliphatic carbocycles. The van der Waals surface area contributed by atoms with Gasteiger partial charge in [0.1, 0.15) is 5.75 Å². The number of carbonyl (C=O) groups excluding carboxylic acids is 1. The van der Waals surface area contributed by atoms with E-state index in [0.717, 1.165) is 4.21 Å². The van der Waals surface area contributed by atoms with Crippen molar-refractivity contribution in [2.75, 3.05) is 6.26 Å². The van der Waals surface area contributed by atoms with Crippen LogP contribution in [0, 0.1) is 6.92 Å². The molecular formula is C17H14ClNO4S2. The van der Waals surface area contributed by atoms with E-state index in [2.05, 4.69) is 0 Å². The molecule has 25 heavy (non-hydrogen) atoms. The number of aromatic hydroxyl groups is 1. The number of rotatable bonds is 4. The summed E-state index contributed by atoms with van der Waals surface area (Å²) in [5.74, 6) is -1.42. The predicted octanol–water partition coefficient (Wildman–Crippen LogP) is 4.41. The molecule has 0 amide bonds. The zero-order valence-corrected chi connectivity index (χ0v) is 15.8. The monoisotopic (exact) mass is 395 g/mol. The highest BCUT2D eigenvalue weighted by molar-refractivity contribution is 8.00. The molecule has 0 fully saturated rings. The molecule has 8 heteroatoms. The van der Waals surface area contributed by atoms with Gasteiger partial charge in [-0.25, -0.2) is 0 Å². The number of fused-ring (bicyclic) bond motifs is 1. The van der Waals surface area contributed by atoms with Crippen molar-refractivity contribution in [3.8, 4) is 5.75 Å². The van der Waals surface area contributed by atoms with Gasteiger partial charge in [0, 0.05) is 11.1 Å². The lowest BCUT2D eigenvalue weighted by atomic mass is 10.1. The molecule has 0 bridgehead atoms. The van der Waals surface area contributed by atoms with E-state index in [0.29, 0.717) is 27.0 Å². The highest BCUT2D eigenvalue weighted by Gasteiger charge is 2.24. The first-order chi connectivity index (χ1) is 11.8. The molecular weight excluding hydrogens is 382 g/mol. The second kappa shape index (κ2) is 6.74. The van der Waals surface area contributed by atoms with Crippen LogP contribution in [-0.2, 0) is 11.2 Å². The van der Waals surface area contributed by atoms with Gasteiger partial charge in [0.15, 0.2) is 0 Å². The fourth-order valence-electron chi connectivity index (χ4n) is 2.81. The van der Waals surface area contributed by atoms with Gasteiger partial charge >= 0.3 is 5.97 Å². The van der Waals surface area contributed by atoms with Crippen molar-refractivity contribution in [1.82, 2.24) is 4.57 Å². The molecule has 0 atom stereocenters. The summed E-state index contributed by atoms with van der Waals surface area (Å²) in [5, 5.41) is 19.6. The number of hydrogen-bond acceptors (Lipinski definition) is 5. The fraction of sp³-hybridized carbons (Fsp3) is 0.176. The summed E-state index contributed by atoms with van der Waals surface area (Å²) >= 11 is 9.14. The van der Waals surface area contributed by atoms with Crippen LogP contribution in [0.5, 0.6) is 5.75 Å². The van der Waals surface area contributed by atoms with Gasteiger partial charge in [-0.2, -0.15) is 0 Å². The molecule has 3 aromatic rings. The Morgan fingerprint density at radius 3 is 2.60 bits per heavy atom. The molecule has 2 heterocycles. The lowest BCUT2D eigenvalue weighted by Gasteiger charge is -2.06. The van der Waals surface area contributed by atoms with E-state index >= 15 is 0 Å². The molecule has 3 rings (SSSR count). The summed E-state index contributed by atoms with van der Waals surface area (Å²) < 4.78 is 2.48. The zero-order valence-electron chi connectivity index (χ0n) is 13.4. The number of aliphatic carboxylic acids is 1. The van der Waals surface area contributed by atoms with Gasteiger partial charge in [-0.05, 0) is 43.0 Å². The summed E-state index contributed by atoms with van der Waals surface area (Å²) in [4.78, 5) is 24.8. The SMILES string of the molecule is CSc1ccc(C(=O)n2c(C)c(CC(=O)O)c3c(Cl)c(O)ccc32)s1. The van der Waals surface area contributed by atoms with Crippen LogP contribution in [0.3, 0.4) is 0 Å². The Kier molecular flexibility index (Phi) is 4.81. The van der Waals surface area contributed by atoms with Crippen molar-refractivity contribution < 1.29 is 19.8 Å². The third-order valence-corrected chi connectivity index (χ3v) is 6.48. The number of thioether (sulfide) groups is 1. The van der Waals surface area contributed by atoms with Gasteiger partial charge < -0.3 is 10.2 Å². The van der Waals surface area contributed by atoms with E-state index in [1.807, 2.05) is 12.3 Å². The normalized spacial score (nSPS) is 11.2. The average Bonchev–Trinajstić information content (AvgIpc) is 3.14. The quantitative estimate of drug-likeness (QED) is 0.640. The summed E-state index contributed by atoms with van der Waals surface area (Å²) in [6, 6.07) is 6.61. The number of halogens is 1. The van der Waals surface area contributed by atoms with Crippen LogP contribution in [0.4, 0.5) is 0 Å². The summed E-state index contributed by atoms with van der Waals surface area (Å²) in [6.07, 6.45) is 1.65. The molecule has 0 radical (unpaired) electrons. The second-order valence-corrected chi connectivity index (χ2v) is 7.96.